The van der Waals surface area contributed by atoms with E-state index in [4.69, 9.17) is 4.74 Å². The minimum absolute atomic E-state index is 0.0107. The van der Waals surface area contributed by atoms with Crippen molar-refractivity contribution < 1.29 is 24.5 Å². The summed E-state index contributed by atoms with van der Waals surface area (Å²) in [5.41, 5.74) is 0. The van der Waals surface area contributed by atoms with Gasteiger partial charge >= 0.3 is 5.97 Å². The summed E-state index contributed by atoms with van der Waals surface area (Å²) in [6, 6.07) is -0.554. The number of rotatable bonds is 59. The molecule has 0 saturated heterocycles. The van der Waals surface area contributed by atoms with E-state index in [0.29, 0.717) is 25.9 Å². The number of amides is 1. The SMILES string of the molecule is CCCCCCCCC/C=C\CCCCCCCCCC(=O)OCCCCCCCCCCCCCCC(=O)NC(CO)C(O)CCCCCCCCCCCCCCCCCCCCCCCC. The number of esters is 1. The molecule has 1 amide bonds. The summed E-state index contributed by atoms with van der Waals surface area (Å²) in [4.78, 5) is 24.6. The molecule has 69 heavy (non-hydrogen) atoms. The van der Waals surface area contributed by atoms with Crippen LogP contribution in [0, 0.1) is 0 Å². The summed E-state index contributed by atoms with van der Waals surface area (Å²) in [5.74, 6) is -0.0571. The maximum absolute atomic E-state index is 12.5. The lowest BCUT2D eigenvalue weighted by atomic mass is 10.0. The first kappa shape index (κ1) is 67.6. The third kappa shape index (κ3) is 55.8. The van der Waals surface area contributed by atoms with E-state index in [1.807, 2.05) is 0 Å². The zero-order valence-corrected chi connectivity index (χ0v) is 46.8. The molecule has 6 heteroatoms. The van der Waals surface area contributed by atoms with E-state index in [1.54, 1.807) is 0 Å². The van der Waals surface area contributed by atoms with Gasteiger partial charge in [0.05, 0.1) is 25.4 Å². The van der Waals surface area contributed by atoms with Crippen LogP contribution in [0.15, 0.2) is 12.2 Å². The van der Waals surface area contributed by atoms with Gasteiger partial charge in [0.25, 0.3) is 0 Å². The van der Waals surface area contributed by atoms with Gasteiger partial charge in [0, 0.05) is 12.8 Å². The van der Waals surface area contributed by atoms with Crippen LogP contribution >= 0.6 is 0 Å². The molecular formula is C63H123NO5. The number of carbonyl (C=O) groups is 2. The summed E-state index contributed by atoms with van der Waals surface area (Å²) in [6.07, 6.45) is 70.7. The Balaban J connectivity index is 3.43. The van der Waals surface area contributed by atoms with E-state index in [9.17, 15) is 19.8 Å². The van der Waals surface area contributed by atoms with E-state index in [2.05, 4.69) is 31.3 Å². The van der Waals surface area contributed by atoms with E-state index >= 15 is 0 Å². The molecule has 0 aromatic rings. The molecular weight excluding hydrogens is 851 g/mol. The maximum atomic E-state index is 12.5. The van der Waals surface area contributed by atoms with Crippen LogP contribution in [0.25, 0.3) is 0 Å². The normalized spacial score (nSPS) is 12.6. The molecule has 0 aromatic carbocycles. The number of nitrogens with one attached hydrogen (secondary N) is 1. The Labute approximate surface area is 431 Å². The Kier molecular flexibility index (Phi) is 58.0. The molecule has 0 spiro atoms. The van der Waals surface area contributed by atoms with Crippen LogP contribution in [0.1, 0.15) is 354 Å². The van der Waals surface area contributed by atoms with Crippen molar-refractivity contribution in [2.75, 3.05) is 13.2 Å². The van der Waals surface area contributed by atoms with E-state index in [-0.39, 0.29) is 18.5 Å². The molecule has 6 nitrogen and oxygen atoms in total. The van der Waals surface area contributed by atoms with Crippen LogP contribution in [0.3, 0.4) is 0 Å². The Morgan fingerprint density at radius 2 is 0.681 bits per heavy atom. The number of allylic oxidation sites excluding steroid dienone is 2. The van der Waals surface area contributed by atoms with Gasteiger partial charge in [0.15, 0.2) is 0 Å². The average Bonchev–Trinajstić information content (AvgIpc) is 3.35. The predicted octanol–water partition coefficient (Wildman–Crippen LogP) is 19.6. The molecule has 2 unspecified atom stereocenters. The van der Waals surface area contributed by atoms with Crippen LogP contribution in [0.2, 0.25) is 0 Å². The first-order valence-corrected chi connectivity index (χ1v) is 31.4. The Morgan fingerprint density at radius 1 is 0.391 bits per heavy atom. The molecule has 0 aliphatic rings. The summed E-state index contributed by atoms with van der Waals surface area (Å²) >= 11 is 0. The lowest BCUT2D eigenvalue weighted by molar-refractivity contribution is -0.143. The number of hydrogen-bond donors (Lipinski definition) is 3. The van der Waals surface area contributed by atoms with Crippen molar-refractivity contribution in [3.63, 3.8) is 0 Å². The second kappa shape index (κ2) is 59.2. The van der Waals surface area contributed by atoms with E-state index < -0.39 is 12.1 Å². The van der Waals surface area contributed by atoms with Gasteiger partial charge in [-0.3, -0.25) is 9.59 Å². The molecule has 0 aromatic heterocycles. The zero-order valence-electron chi connectivity index (χ0n) is 46.8. The largest absolute Gasteiger partial charge is 0.466 e. The van der Waals surface area contributed by atoms with Crippen molar-refractivity contribution in [3.8, 4) is 0 Å². The quantitative estimate of drug-likeness (QED) is 0.0321. The Hall–Kier alpha value is -1.40. The van der Waals surface area contributed by atoms with Crippen molar-refractivity contribution in [1.82, 2.24) is 5.32 Å². The van der Waals surface area contributed by atoms with E-state index in [0.717, 1.165) is 57.8 Å². The van der Waals surface area contributed by atoms with Gasteiger partial charge in [-0.15, -0.1) is 0 Å². The standard InChI is InChI=1S/C63H123NO5/c1-3-5-7-9-11-13-15-17-19-21-23-24-25-26-27-29-31-35-39-43-47-51-55-61(66)60(59-65)64-62(67)56-52-48-44-40-36-33-34-38-42-46-50-54-58-69-63(68)57-53-49-45-41-37-32-30-28-22-20-18-16-14-12-10-8-6-4-2/h20,22,60-61,65-66H,3-19,21,23-59H2,1-2H3,(H,64,67)/b22-20-. The first-order chi connectivity index (χ1) is 34.0. The molecule has 0 saturated carbocycles. The van der Waals surface area contributed by atoms with Crippen LogP contribution in [-0.4, -0.2) is 47.4 Å². The second-order valence-electron chi connectivity index (χ2n) is 21.7. The molecule has 0 aliphatic heterocycles. The summed E-state index contributed by atoms with van der Waals surface area (Å²) in [6.45, 7) is 4.95. The highest BCUT2D eigenvalue weighted by atomic mass is 16.5. The molecule has 410 valence electrons. The Morgan fingerprint density at radius 3 is 1.03 bits per heavy atom. The second-order valence-corrected chi connectivity index (χ2v) is 21.7. The maximum Gasteiger partial charge on any atom is 0.305 e. The fraction of sp³-hybridized carbons (Fsp3) is 0.937. The minimum atomic E-state index is -0.675. The minimum Gasteiger partial charge on any atom is -0.466 e. The third-order valence-corrected chi connectivity index (χ3v) is 14.8. The van der Waals surface area contributed by atoms with Crippen LogP contribution in [0.4, 0.5) is 0 Å². The smallest absolute Gasteiger partial charge is 0.305 e. The lowest BCUT2D eigenvalue weighted by Gasteiger charge is -2.22. The van der Waals surface area contributed by atoms with Gasteiger partial charge in [0.1, 0.15) is 0 Å². The van der Waals surface area contributed by atoms with Crippen molar-refractivity contribution >= 4 is 11.9 Å². The third-order valence-electron chi connectivity index (χ3n) is 14.8. The number of aliphatic hydroxyl groups excluding tert-OH is 2. The van der Waals surface area contributed by atoms with Crippen molar-refractivity contribution in [3.05, 3.63) is 12.2 Å². The molecule has 0 heterocycles. The first-order valence-electron chi connectivity index (χ1n) is 31.4. The molecule has 2 atom stereocenters. The molecule has 0 rings (SSSR count). The topological polar surface area (TPSA) is 95.9 Å². The van der Waals surface area contributed by atoms with Gasteiger partial charge in [-0.05, 0) is 51.4 Å². The molecule has 0 aliphatic carbocycles. The van der Waals surface area contributed by atoms with Crippen molar-refractivity contribution in [2.45, 2.75) is 366 Å². The molecule has 3 N–H and O–H groups in total. The zero-order chi connectivity index (χ0) is 50.0. The van der Waals surface area contributed by atoms with Crippen LogP contribution < -0.4 is 5.32 Å². The number of aliphatic hydroxyl groups is 2. The number of unbranched alkanes of at least 4 members (excludes halogenated alkanes) is 46. The number of ether oxygens (including phenoxy) is 1. The highest BCUT2D eigenvalue weighted by Gasteiger charge is 2.20. The average molecular weight is 975 g/mol. The van der Waals surface area contributed by atoms with Crippen molar-refractivity contribution in [1.29, 1.82) is 0 Å². The van der Waals surface area contributed by atoms with Crippen molar-refractivity contribution in [2.24, 2.45) is 0 Å². The van der Waals surface area contributed by atoms with Gasteiger partial charge in [-0.1, -0.05) is 302 Å². The highest BCUT2D eigenvalue weighted by Crippen LogP contribution is 2.18. The molecule has 0 radical (unpaired) electrons. The lowest BCUT2D eigenvalue weighted by Crippen LogP contribution is -2.45. The number of hydrogen-bond acceptors (Lipinski definition) is 5. The van der Waals surface area contributed by atoms with Gasteiger partial charge in [-0.2, -0.15) is 0 Å². The molecule has 0 fully saturated rings. The summed E-state index contributed by atoms with van der Waals surface area (Å²) in [7, 11) is 0. The Bertz CT molecular complexity index is 1030. The van der Waals surface area contributed by atoms with Crippen LogP contribution in [-0.2, 0) is 14.3 Å². The molecule has 0 bridgehead atoms. The highest BCUT2D eigenvalue weighted by molar-refractivity contribution is 5.76. The van der Waals surface area contributed by atoms with E-state index in [1.165, 1.54) is 263 Å². The monoisotopic (exact) mass is 974 g/mol. The van der Waals surface area contributed by atoms with Gasteiger partial charge < -0.3 is 20.3 Å². The van der Waals surface area contributed by atoms with Gasteiger partial charge in [0.2, 0.25) is 5.91 Å². The predicted molar refractivity (Wildman–Crippen MR) is 301 cm³/mol. The number of carbonyl (C=O) groups excluding carboxylic acids is 2. The summed E-state index contributed by atoms with van der Waals surface area (Å²) < 4.78 is 5.48. The fourth-order valence-electron chi connectivity index (χ4n) is 9.99. The fourth-order valence-corrected chi connectivity index (χ4v) is 9.99. The summed E-state index contributed by atoms with van der Waals surface area (Å²) in [5, 5.41) is 23.4. The van der Waals surface area contributed by atoms with Gasteiger partial charge in [-0.25, -0.2) is 0 Å². The van der Waals surface area contributed by atoms with Crippen LogP contribution in [0.5, 0.6) is 0 Å².